The lowest BCUT2D eigenvalue weighted by atomic mass is 10.1. The van der Waals surface area contributed by atoms with Crippen molar-refractivity contribution in [3.63, 3.8) is 0 Å². The highest BCUT2D eigenvalue weighted by atomic mass is 35.5. The van der Waals surface area contributed by atoms with Crippen LogP contribution in [-0.4, -0.2) is 23.0 Å². The number of carbonyl (C=O) groups excluding carboxylic acids is 2. The van der Waals surface area contributed by atoms with E-state index >= 15 is 0 Å². The molecule has 140 valence electrons. The second-order valence-corrected chi connectivity index (χ2v) is 6.58. The molecule has 7 heteroatoms. The van der Waals surface area contributed by atoms with Gasteiger partial charge in [-0.2, -0.15) is 5.26 Å². The molecular formula is C21H16ClN3O3. The van der Waals surface area contributed by atoms with E-state index in [1.54, 1.807) is 31.2 Å². The van der Waals surface area contributed by atoms with Crippen molar-refractivity contribution in [2.24, 2.45) is 0 Å². The van der Waals surface area contributed by atoms with Gasteiger partial charge in [0, 0.05) is 16.8 Å². The number of halogens is 1. The van der Waals surface area contributed by atoms with Gasteiger partial charge in [0.1, 0.15) is 6.07 Å². The molecule has 0 saturated heterocycles. The molecule has 2 aromatic carbocycles. The van der Waals surface area contributed by atoms with Gasteiger partial charge >= 0.3 is 5.97 Å². The van der Waals surface area contributed by atoms with E-state index < -0.39 is 18.0 Å². The number of amides is 1. The Morgan fingerprint density at radius 3 is 2.68 bits per heavy atom. The first-order valence-electron chi connectivity index (χ1n) is 8.47. The summed E-state index contributed by atoms with van der Waals surface area (Å²) in [5, 5.41) is 12.4. The van der Waals surface area contributed by atoms with E-state index in [-0.39, 0.29) is 5.02 Å². The maximum absolute atomic E-state index is 12.6. The van der Waals surface area contributed by atoms with Crippen molar-refractivity contribution in [1.82, 2.24) is 4.98 Å². The third kappa shape index (κ3) is 4.11. The molecule has 28 heavy (non-hydrogen) atoms. The summed E-state index contributed by atoms with van der Waals surface area (Å²) in [6.07, 6.45) is -1.03. The van der Waals surface area contributed by atoms with E-state index in [2.05, 4.69) is 10.3 Å². The lowest BCUT2D eigenvalue weighted by Gasteiger charge is -2.15. The van der Waals surface area contributed by atoms with Gasteiger partial charge in [0.05, 0.1) is 21.7 Å². The summed E-state index contributed by atoms with van der Waals surface area (Å²) in [6, 6.07) is 15.3. The molecule has 1 aromatic heterocycles. The second kappa shape index (κ2) is 8.07. The van der Waals surface area contributed by atoms with Crippen LogP contribution in [0, 0.1) is 18.3 Å². The molecule has 0 aliphatic heterocycles. The van der Waals surface area contributed by atoms with Crippen LogP contribution in [-0.2, 0) is 9.53 Å². The predicted molar refractivity (Wildman–Crippen MR) is 106 cm³/mol. The van der Waals surface area contributed by atoms with E-state index in [9.17, 15) is 9.59 Å². The molecule has 3 aromatic rings. The van der Waals surface area contributed by atoms with Gasteiger partial charge < -0.3 is 10.1 Å². The van der Waals surface area contributed by atoms with Crippen molar-refractivity contribution in [2.45, 2.75) is 20.0 Å². The molecule has 0 radical (unpaired) electrons. The first-order valence-corrected chi connectivity index (χ1v) is 8.84. The van der Waals surface area contributed by atoms with Crippen LogP contribution in [0.2, 0.25) is 5.02 Å². The average Bonchev–Trinajstić information content (AvgIpc) is 2.67. The molecule has 1 atom stereocenters. The number of anilines is 1. The van der Waals surface area contributed by atoms with Gasteiger partial charge in [0.25, 0.3) is 5.91 Å². The number of benzene rings is 2. The van der Waals surface area contributed by atoms with Crippen LogP contribution in [0.25, 0.3) is 10.9 Å². The minimum atomic E-state index is -1.03. The Balaban J connectivity index is 1.75. The van der Waals surface area contributed by atoms with E-state index in [0.717, 1.165) is 0 Å². The number of carbonyl (C=O) groups is 2. The minimum absolute atomic E-state index is 0.226. The normalized spacial score (nSPS) is 11.5. The van der Waals surface area contributed by atoms with Gasteiger partial charge in [-0.3, -0.25) is 9.78 Å². The number of rotatable bonds is 4. The Morgan fingerprint density at radius 2 is 1.96 bits per heavy atom. The number of para-hydroxylation sites is 1. The highest BCUT2D eigenvalue weighted by Gasteiger charge is 2.21. The quantitative estimate of drug-likeness (QED) is 0.669. The van der Waals surface area contributed by atoms with E-state index in [0.29, 0.717) is 33.4 Å². The molecule has 0 saturated carbocycles. The standard InChI is InChI=1S/C21H16ClN3O3/c1-12-9-17(16-5-3-4-6-19(16)24-12)21(27)28-13(2)20(26)25-15-8-7-14(11-23)18(22)10-15/h3-10,13H,1-2H3,(H,25,26)/t13-/m1/s1. The number of esters is 1. The van der Waals surface area contributed by atoms with E-state index in [1.165, 1.54) is 19.1 Å². The fourth-order valence-electron chi connectivity index (χ4n) is 2.68. The van der Waals surface area contributed by atoms with Gasteiger partial charge in [-0.15, -0.1) is 0 Å². The number of hydrogen-bond acceptors (Lipinski definition) is 5. The summed E-state index contributed by atoms with van der Waals surface area (Å²) in [5.74, 6) is -1.12. The molecular weight excluding hydrogens is 378 g/mol. The van der Waals surface area contributed by atoms with Crippen LogP contribution in [0.3, 0.4) is 0 Å². The monoisotopic (exact) mass is 393 g/mol. The number of aromatic nitrogens is 1. The van der Waals surface area contributed by atoms with Gasteiger partial charge in [-0.25, -0.2) is 4.79 Å². The lowest BCUT2D eigenvalue weighted by molar-refractivity contribution is -0.123. The number of hydrogen-bond donors (Lipinski definition) is 1. The van der Waals surface area contributed by atoms with Crippen LogP contribution < -0.4 is 5.32 Å². The Morgan fingerprint density at radius 1 is 1.21 bits per heavy atom. The zero-order chi connectivity index (χ0) is 20.3. The number of nitriles is 1. The minimum Gasteiger partial charge on any atom is -0.449 e. The number of ether oxygens (including phenoxy) is 1. The van der Waals surface area contributed by atoms with Crippen molar-refractivity contribution in [3.05, 3.63) is 70.4 Å². The van der Waals surface area contributed by atoms with Crippen LogP contribution >= 0.6 is 11.6 Å². The molecule has 0 aliphatic rings. The summed E-state index contributed by atoms with van der Waals surface area (Å²) in [7, 11) is 0. The Labute approximate surface area is 166 Å². The van der Waals surface area contributed by atoms with E-state index in [1.807, 2.05) is 18.2 Å². The average molecular weight is 394 g/mol. The zero-order valence-electron chi connectivity index (χ0n) is 15.2. The highest BCUT2D eigenvalue weighted by Crippen LogP contribution is 2.22. The van der Waals surface area contributed by atoms with Crippen LogP contribution in [0.5, 0.6) is 0 Å². The van der Waals surface area contributed by atoms with Gasteiger partial charge in [0.15, 0.2) is 6.10 Å². The predicted octanol–water partition coefficient (Wildman–Crippen LogP) is 4.25. The first kappa shape index (κ1) is 19.3. The molecule has 6 nitrogen and oxygen atoms in total. The molecule has 1 N–H and O–H groups in total. The molecule has 0 bridgehead atoms. The number of aryl methyl sites for hydroxylation is 1. The van der Waals surface area contributed by atoms with Crippen LogP contribution in [0.1, 0.15) is 28.5 Å². The summed E-state index contributed by atoms with van der Waals surface area (Å²) in [6.45, 7) is 3.27. The van der Waals surface area contributed by atoms with Crippen LogP contribution in [0.15, 0.2) is 48.5 Å². The molecule has 1 heterocycles. The smallest absolute Gasteiger partial charge is 0.339 e. The largest absolute Gasteiger partial charge is 0.449 e. The van der Waals surface area contributed by atoms with Crippen LogP contribution in [0.4, 0.5) is 5.69 Å². The molecule has 1 amide bonds. The van der Waals surface area contributed by atoms with Crippen molar-refractivity contribution in [2.75, 3.05) is 5.32 Å². The molecule has 0 fully saturated rings. The van der Waals surface area contributed by atoms with Crippen molar-refractivity contribution < 1.29 is 14.3 Å². The van der Waals surface area contributed by atoms with Gasteiger partial charge in [-0.1, -0.05) is 29.8 Å². The molecule has 3 rings (SSSR count). The Hall–Kier alpha value is -3.43. The lowest BCUT2D eigenvalue weighted by Crippen LogP contribution is -2.30. The third-order valence-electron chi connectivity index (χ3n) is 4.07. The number of fused-ring (bicyclic) bond motifs is 1. The summed E-state index contributed by atoms with van der Waals surface area (Å²) >= 11 is 5.96. The summed E-state index contributed by atoms with van der Waals surface area (Å²) in [4.78, 5) is 29.4. The number of pyridine rings is 1. The fraction of sp³-hybridized carbons (Fsp3) is 0.143. The molecule has 0 aliphatic carbocycles. The number of nitrogens with one attached hydrogen (secondary N) is 1. The topological polar surface area (TPSA) is 92.1 Å². The summed E-state index contributed by atoms with van der Waals surface area (Å²) in [5.41, 5.74) is 2.42. The Kier molecular flexibility index (Phi) is 5.57. The van der Waals surface area contributed by atoms with Crippen molar-refractivity contribution >= 4 is 40.1 Å². The maximum Gasteiger partial charge on any atom is 0.339 e. The van der Waals surface area contributed by atoms with Crippen molar-refractivity contribution in [3.8, 4) is 6.07 Å². The Bertz CT molecular complexity index is 1120. The molecule has 0 unspecified atom stereocenters. The van der Waals surface area contributed by atoms with Gasteiger partial charge in [0.2, 0.25) is 0 Å². The maximum atomic E-state index is 12.6. The first-order chi connectivity index (χ1) is 13.4. The van der Waals surface area contributed by atoms with Gasteiger partial charge in [-0.05, 0) is 44.2 Å². The second-order valence-electron chi connectivity index (χ2n) is 6.17. The van der Waals surface area contributed by atoms with E-state index in [4.69, 9.17) is 21.6 Å². The fourth-order valence-corrected chi connectivity index (χ4v) is 2.90. The molecule has 0 spiro atoms. The highest BCUT2D eigenvalue weighted by molar-refractivity contribution is 6.32. The summed E-state index contributed by atoms with van der Waals surface area (Å²) < 4.78 is 5.34. The zero-order valence-corrected chi connectivity index (χ0v) is 15.9. The SMILES string of the molecule is Cc1cc(C(=O)O[C@H](C)C(=O)Nc2ccc(C#N)c(Cl)c2)c2ccccc2n1. The van der Waals surface area contributed by atoms with Crippen molar-refractivity contribution in [1.29, 1.82) is 5.26 Å². The number of nitrogens with zero attached hydrogens (tertiary/aromatic N) is 2. The third-order valence-corrected chi connectivity index (χ3v) is 4.39.